The van der Waals surface area contributed by atoms with Crippen LogP contribution in [0, 0.1) is 6.92 Å². The standard InChI is InChI=1S/C25H26N2O2/c1-19-11-12-21(29-19)18-26-15-13-25(14-16-26)22-9-5-6-10-23(22)27(24(25)28)17-20-7-3-2-4-8-20/h2-12H,13-18H2,1H3. The van der Waals surface area contributed by atoms with Gasteiger partial charge in [-0.2, -0.15) is 0 Å². The molecule has 4 heteroatoms. The number of fused-ring (bicyclic) bond motifs is 2. The lowest BCUT2D eigenvalue weighted by Crippen LogP contribution is -2.48. The van der Waals surface area contributed by atoms with Gasteiger partial charge in [0.25, 0.3) is 0 Å². The second-order valence-corrected chi connectivity index (χ2v) is 8.26. The van der Waals surface area contributed by atoms with Gasteiger partial charge in [0.15, 0.2) is 0 Å². The minimum absolute atomic E-state index is 0.260. The molecule has 1 saturated heterocycles. The van der Waals surface area contributed by atoms with Crippen LogP contribution in [0.2, 0.25) is 0 Å². The number of likely N-dealkylation sites (tertiary alicyclic amines) is 1. The van der Waals surface area contributed by atoms with E-state index in [-0.39, 0.29) is 11.3 Å². The van der Waals surface area contributed by atoms with Gasteiger partial charge >= 0.3 is 0 Å². The molecule has 0 radical (unpaired) electrons. The number of anilines is 1. The van der Waals surface area contributed by atoms with Crippen LogP contribution in [-0.2, 0) is 23.3 Å². The summed E-state index contributed by atoms with van der Waals surface area (Å²) in [7, 11) is 0. The van der Waals surface area contributed by atoms with Crippen molar-refractivity contribution in [1.29, 1.82) is 0 Å². The van der Waals surface area contributed by atoms with Crippen LogP contribution >= 0.6 is 0 Å². The Balaban J connectivity index is 1.38. The van der Waals surface area contributed by atoms with E-state index < -0.39 is 0 Å². The summed E-state index contributed by atoms with van der Waals surface area (Å²) in [5.41, 5.74) is 3.06. The van der Waals surface area contributed by atoms with Crippen molar-refractivity contribution in [2.45, 2.75) is 38.3 Å². The zero-order chi connectivity index (χ0) is 19.8. The third-order valence-corrected chi connectivity index (χ3v) is 6.43. The van der Waals surface area contributed by atoms with Crippen molar-refractivity contribution >= 4 is 11.6 Å². The highest BCUT2D eigenvalue weighted by Gasteiger charge is 2.51. The van der Waals surface area contributed by atoms with Crippen molar-refractivity contribution in [3.8, 4) is 0 Å². The van der Waals surface area contributed by atoms with Crippen LogP contribution < -0.4 is 4.90 Å². The van der Waals surface area contributed by atoms with E-state index in [1.165, 1.54) is 11.1 Å². The van der Waals surface area contributed by atoms with Gasteiger partial charge in [-0.3, -0.25) is 9.69 Å². The summed E-state index contributed by atoms with van der Waals surface area (Å²) in [4.78, 5) is 18.1. The van der Waals surface area contributed by atoms with E-state index in [1.807, 2.05) is 42.2 Å². The highest BCUT2D eigenvalue weighted by molar-refractivity contribution is 6.08. The van der Waals surface area contributed by atoms with Gasteiger partial charge in [0.1, 0.15) is 11.5 Å². The van der Waals surface area contributed by atoms with Crippen molar-refractivity contribution in [2.75, 3.05) is 18.0 Å². The van der Waals surface area contributed by atoms with E-state index in [4.69, 9.17) is 4.42 Å². The predicted octanol–water partition coefficient (Wildman–Crippen LogP) is 4.67. The first-order valence-electron chi connectivity index (χ1n) is 10.4. The first-order valence-corrected chi connectivity index (χ1v) is 10.4. The molecule has 0 saturated carbocycles. The Morgan fingerprint density at radius 1 is 0.897 bits per heavy atom. The van der Waals surface area contributed by atoms with Crippen LogP contribution in [0.4, 0.5) is 5.69 Å². The number of nitrogens with zero attached hydrogens (tertiary/aromatic N) is 2. The van der Waals surface area contributed by atoms with Crippen LogP contribution in [0.1, 0.15) is 35.5 Å². The number of benzene rings is 2. The lowest BCUT2D eigenvalue weighted by molar-refractivity contribution is -0.125. The number of piperidine rings is 1. The molecule has 0 atom stereocenters. The molecule has 1 amide bonds. The number of carbonyl (C=O) groups excluding carboxylic acids is 1. The maximum atomic E-state index is 13.7. The van der Waals surface area contributed by atoms with Crippen LogP contribution in [-0.4, -0.2) is 23.9 Å². The summed E-state index contributed by atoms with van der Waals surface area (Å²) < 4.78 is 5.75. The molecule has 2 aliphatic rings. The highest BCUT2D eigenvalue weighted by atomic mass is 16.3. The Kier molecular flexibility index (Phi) is 4.51. The Morgan fingerprint density at radius 3 is 2.34 bits per heavy atom. The number of amides is 1. The van der Waals surface area contributed by atoms with Crippen LogP contribution in [0.3, 0.4) is 0 Å². The van der Waals surface area contributed by atoms with Crippen molar-refractivity contribution in [3.63, 3.8) is 0 Å². The first-order chi connectivity index (χ1) is 14.2. The lowest BCUT2D eigenvalue weighted by atomic mass is 9.73. The maximum absolute atomic E-state index is 13.7. The Morgan fingerprint density at radius 2 is 1.62 bits per heavy atom. The molecule has 29 heavy (non-hydrogen) atoms. The fraction of sp³-hybridized carbons (Fsp3) is 0.320. The van der Waals surface area contributed by atoms with Gasteiger partial charge in [-0.15, -0.1) is 0 Å². The molecule has 0 N–H and O–H groups in total. The number of para-hydroxylation sites is 1. The summed E-state index contributed by atoms with van der Waals surface area (Å²) in [5.74, 6) is 2.21. The van der Waals surface area contributed by atoms with Crippen LogP contribution in [0.5, 0.6) is 0 Å². The predicted molar refractivity (Wildman–Crippen MR) is 114 cm³/mol. The molecular formula is C25H26N2O2. The SMILES string of the molecule is Cc1ccc(CN2CCC3(CC2)C(=O)N(Cc2ccccc2)c2ccccc23)o1. The van der Waals surface area contributed by atoms with Gasteiger partial charge in [-0.25, -0.2) is 0 Å². The maximum Gasteiger partial charge on any atom is 0.238 e. The van der Waals surface area contributed by atoms with Gasteiger partial charge in [-0.1, -0.05) is 48.5 Å². The average Bonchev–Trinajstić information content (AvgIpc) is 3.26. The van der Waals surface area contributed by atoms with Crippen molar-refractivity contribution < 1.29 is 9.21 Å². The number of hydrogen-bond donors (Lipinski definition) is 0. The summed E-state index contributed by atoms with van der Waals surface area (Å²) in [5, 5.41) is 0. The van der Waals surface area contributed by atoms with Gasteiger partial charge in [0, 0.05) is 5.69 Å². The highest BCUT2D eigenvalue weighted by Crippen LogP contribution is 2.48. The molecule has 1 fully saturated rings. The largest absolute Gasteiger partial charge is 0.465 e. The normalized spacial score (nSPS) is 18.4. The van der Waals surface area contributed by atoms with E-state index in [1.54, 1.807) is 0 Å². The van der Waals surface area contributed by atoms with Crippen molar-refractivity contribution in [1.82, 2.24) is 4.90 Å². The van der Waals surface area contributed by atoms with E-state index in [9.17, 15) is 4.79 Å². The third kappa shape index (κ3) is 3.18. The number of aryl methyl sites for hydroxylation is 1. The van der Waals surface area contributed by atoms with Crippen LogP contribution in [0.15, 0.2) is 71.1 Å². The minimum atomic E-state index is -0.388. The zero-order valence-corrected chi connectivity index (χ0v) is 16.8. The minimum Gasteiger partial charge on any atom is -0.465 e. The Bertz CT molecular complexity index is 1020. The smallest absolute Gasteiger partial charge is 0.238 e. The molecular weight excluding hydrogens is 360 g/mol. The number of furan rings is 1. The quantitative estimate of drug-likeness (QED) is 0.654. The number of rotatable bonds is 4. The zero-order valence-electron chi connectivity index (χ0n) is 16.8. The molecule has 3 heterocycles. The van der Waals surface area contributed by atoms with Gasteiger partial charge in [0.05, 0.1) is 18.5 Å². The molecule has 0 unspecified atom stereocenters. The van der Waals surface area contributed by atoms with Gasteiger partial charge < -0.3 is 9.32 Å². The van der Waals surface area contributed by atoms with E-state index in [0.29, 0.717) is 6.54 Å². The fourth-order valence-corrected chi connectivity index (χ4v) is 4.89. The molecule has 1 aromatic heterocycles. The molecule has 148 valence electrons. The summed E-state index contributed by atoms with van der Waals surface area (Å²) in [6.45, 7) is 5.23. The second-order valence-electron chi connectivity index (χ2n) is 8.26. The first kappa shape index (κ1) is 18.2. The molecule has 5 rings (SSSR count). The lowest BCUT2D eigenvalue weighted by Gasteiger charge is -2.38. The van der Waals surface area contributed by atoms with Gasteiger partial charge in [0.2, 0.25) is 5.91 Å². The number of hydrogen-bond acceptors (Lipinski definition) is 3. The molecule has 0 bridgehead atoms. The van der Waals surface area contributed by atoms with E-state index in [2.05, 4.69) is 41.3 Å². The molecule has 1 spiro atoms. The van der Waals surface area contributed by atoms with E-state index >= 15 is 0 Å². The Labute approximate surface area is 171 Å². The fourth-order valence-electron chi connectivity index (χ4n) is 4.89. The summed E-state index contributed by atoms with van der Waals surface area (Å²) >= 11 is 0. The molecule has 0 aliphatic carbocycles. The molecule has 4 nitrogen and oxygen atoms in total. The van der Waals surface area contributed by atoms with Crippen molar-refractivity contribution in [3.05, 3.63) is 89.4 Å². The third-order valence-electron chi connectivity index (χ3n) is 6.43. The summed E-state index contributed by atoms with van der Waals surface area (Å²) in [6, 6.07) is 22.7. The number of carbonyl (C=O) groups is 1. The Hall–Kier alpha value is -2.85. The second kappa shape index (κ2) is 7.20. The van der Waals surface area contributed by atoms with Crippen molar-refractivity contribution in [2.24, 2.45) is 0 Å². The molecule has 2 aromatic carbocycles. The van der Waals surface area contributed by atoms with E-state index in [0.717, 1.165) is 49.7 Å². The molecule has 2 aliphatic heterocycles. The summed E-state index contributed by atoms with van der Waals surface area (Å²) in [6.07, 6.45) is 1.71. The van der Waals surface area contributed by atoms with Gasteiger partial charge in [-0.05, 0) is 62.2 Å². The topological polar surface area (TPSA) is 36.7 Å². The van der Waals surface area contributed by atoms with Crippen LogP contribution in [0.25, 0.3) is 0 Å². The average molecular weight is 386 g/mol. The molecule has 3 aromatic rings. The monoisotopic (exact) mass is 386 g/mol.